The van der Waals surface area contributed by atoms with Gasteiger partial charge >= 0.3 is 0 Å². The number of anilines is 1. The molecule has 0 spiro atoms. The zero-order valence-electron chi connectivity index (χ0n) is 15.4. The fraction of sp³-hybridized carbons (Fsp3) is 0.136. The lowest BCUT2D eigenvalue weighted by atomic mass is 10.1. The van der Waals surface area contributed by atoms with Gasteiger partial charge in [0.2, 0.25) is 0 Å². The summed E-state index contributed by atoms with van der Waals surface area (Å²) >= 11 is 6.12. The van der Waals surface area contributed by atoms with Crippen LogP contribution in [0.5, 0.6) is 17.2 Å². The lowest BCUT2D eigenvalue weighted by molar-refractivity contribution is 0.102. The summed E-state index contributed by atoms with van der Waals surface area (Å²) in [6.45, 7) is 3.90. The molecule has 0 aliphatic rings. The molecule has 0 saturated carbocycles. The van der Waals surface area contributed by atoms with Crippen LogP contribution in [-0.4, -0.2) is 13.0 Å². The molecule has 0 unspecified atom stereocenters. The SMILES string of the molecule is COc1ccc(Oc2ccc(Cl)cc2NC(=O)c2ccc(C)cc2C)cc1. The third kappa shape index (κ3) is 4.60. The molecule has 0 saturated heterocycles. The largest absolute Gasteiger partial charge is 0.497 e. The van der Waals surface area contributed by atoms with Gasteiger partial charge < -0.3 is 14.8 Å². The summed E-state index contributed by atoms with van der Waals surface area (Å²) in [5.74, 6) is 1.65. The van der Waals surface area contributed by atoms with Gasteiger partial charge in [-0.05, 0) is 67.9 Å². The van der Waals surface area contributed by atoms with Crippen LogP contribution in [0.4, 0.5) is 5.69 Å². The number of ether oxygens (including phenoxy) is 2. The molecule has 0 radical (unpaired) electrons. The van der Waals surface area contributed by atoms with Gasteiger partial charge in [0.1, 0.15) is 11.5 Å². The molecule has 1 N–H and O–H groups in total. The number of carbonyl (C=O) groups excluding carboxylic acids is 1. The zero-order chi connectivity index (χ0) is 19.4. The van der Waals surface area contributed by atoms with Gasteiger partial charge in [-0.3, -0.25) is 4.79 Å². The molecule has 27 heavy (non-hydrogen) atoms. The molecule has 5 heteroatoms. The molecule has 0 aromatic heterocycles. The van der Waals surface area contributed by atoms with E-state index in [1.165, 1.54) is 0 Å². The Morgan fingerprint density at radius 1 is 0.926 bits per heavy atom. The highest BCUT2D eigenvalue weighted by atomic mass is 35.5. The van der Waals surface area contributed by atoms with Crippen molar-refractivity contribution >= 4 is 23.2 Å². The number of carbonyl (C=O) groups is 1. The molecule has 0 atom stereocenters. The number of benzene rings is 3. The topological polar surface area (TPSA) is 47.6 Å². The van der Waals surface area contributed by atoms with Gasteiger partial charge in [0.05, 0.1) is 12.8 Å². The van der Waals surface area contributed by atoms with Crippen molar-refractivity contribution in [3.8, 4) is 17.2 Å². The maximum absolute atomic E-state index is 12.7. The van der Waals surface area contributed by atoms with E-state index in [9.17, 15) is 4.79 Å². The molecule has 3 aromatic rings. The van der Waals surface area contributed by atoms with E-state index in [1.807, 2.05) is 32.0 Å². The summed E-state index contributed by atoms with van der Waals surface area (Å²) < 4.78 is 11.1. The van der Waals surface area contributed by atoms with Gasteiger partial charge in [-0.2, -0.15) is 0 Å². The van der Waals surface area contributed by atoms with Gasteiger partial charge in [0, 0.05) is 10.6 Å². The van der Waals surface area contributed by atoms with Crippen molar-refractivity contribution in [1.82, 2.24) is 0 Å². The van der Waals surface area contributed by atoms with Gasteiger partial charge in [-0.1, -0.05) is 29.3 Å². The molecule has 0 fully saturated rings. The molecule has 138 valence electrons. The number of nitrogens with one attached hydrogen (secondary N) is 1. The number of hydrogen-bond donors (Lipinski definition) is 1. The van der Waals surface area contributed by atoms with E-state index < -0.39 is 0 Å². The molecule has 3 rings (SSSR count). The van der Waals surface area contributed by atoms with E-state index in [0.29, 0.717) is 27.8 Å². The van der Waals surface area contributed by atoms with E-state index >= 15 is 0 Å². The molecule has 3 aromatic carbocycles. The van der Waals surface area contributed by atoms with E-state index in [4.69, 9.17) is 21.1 Å². The molecule has 0 aliphatic heterocycles. The fourth-order valence-corrected chi connectivity index (χ4v) is 2.89. The summed E-state index contributed by atoms with van der Waals surface area (Å²) in [5, 5.41) is 3.41. The number of hydrogen-bond acceptors (Lipinski definition) is 3. The van der Waals surface area contributed by atoms with E-state index in [2.05, 4.69) is 5.32 Å². The molecular weight excluding hydrogens is 362 g/mol. The maximum Gasteiger partial charge on any atom is 0.256 e. The fourth-order valence-electron chi connectivity index (χ4n) is 2.72. The van der Waals surface area contributed by atoms with Crippen molar-refractivity contribution in [2.45, 2.75) is 13.8 Å². The Bertz CT molecular complexity index is 968. The summed E-state index contributed by atoms with van der Waals surface area (Å²) in [5.41, 5.74) is 3.13. The number of amides is 1. The van der Waals surface area contributed by atoms with Gasteiger partial charge in [0.25, 0.3) is 5.91 Å². The van der Waals surface area contributed by atoms with Crippen molar-refractivity contribution in [2.75, 3.05) is 12.4 Å². The first-order valence-corrected chi connectivity index (χ1v) is 8.84. The number of aryl methyl sites for hydroxylation is 2. The first-order chi connectivity index (χ1) is 13.0. The van der Waals surface area contributed by atoms with E-state index in [0.717, 1.165) is 16.9 Å². The molecule has 0 heterocycles. The highest BCUT2D eigenvalue weighted by molar-refractivity contribution is 6.31. The van der Waals surface area contributed by atoms with Gasteiger partial charge in [-0.15, -0.1) is 0 Å². The van der Waals surface area contributed by atoms with Crippen molar-refractivity contribution in [2.24, 2.45) is 0 Å². The Hall–Kier alpha value is -2.98. The monoisotopic (exact) mass is 381 g/mol. The first-order valence-electron chi connectivity index (χ1n) is 8.46. The Morgan fingerprint density at radius 2 is 1.63 bits per heavy atom. The minimum Gasteiger partial charge on any atom is -0.497 e. The van der Waals surface area contributed by atoms with Crippen LogP contribution in [0.3, 0.4) is 0 Å². The van der Waals surface area contributed by atoms with Crippen LogP contribution in [0.1, 0.15) is 21.5 Å². The van der Waals surface area contributed by atoms with Crippen molar-refractivity contribution in [1.29, 1.82) is 0 Å². The predicted octanol–water partition coefficient (Wildman–Crippen LogP) is 6.01. The second-order valence-electron chi connectivity index (χ2n) is 6.19. The number of methoxy groups -OCH3 is 1. The first kappa shape index (κ1) is 18.8. The van der Waals surface area contributed by atoms with Crippen molar-refractivity contribution < 1.29 is 14.3 Å². The summed E-state index contributed by atoms with van der Waals surface area (Å²) in [6, 6.07) is 18.0. The summed E-state index contributed by atoms with van der Waals surface area (Å²) in [7, 11) is 1.61. The van der Waals surface area contributed by atoms with Crippen LogP contribution in [0.15, 0.2) is 60.7 Å². The minimum absolute atomic E-state index is 0.214. The Labute approximate surface area is 163 Å². The maximum atomic E-state index is 12.7. The van der Waals surface area contributed by atoms with Crippen LogP contribution < -0.4 is 14.8 Å². The van der Waals surface area contributed by atoms with E-state index in [1.54, 1.807) is 49.6 Å². The average Bonchev–Trinajstić information content (AvgIpc) is 2.64. The lowest BCUT2D eigenvalue weighted by Gasteiger charge is -2.14. The van der Waals surface area contributed by atoms with Crippen molar-refractivity contribution in [3.05, 3.63) is 82.4 Å². The molecule has 1 amide bonds. The second-order valence-corrected chi connectivity index (χ2v) is 6.63. The van der Waals surface area contributed by atoms with Crippen LogP contribution in [0.2, 0.25) is 5.02 Å². The number of rotatable bonds is 5. The lowest BCUT2D eigenvalue weighted by Crippen LogP contribution is -2.14. The predicted molar refractivity (Wildman–Crippen MR) is 108 cm³/mol. The smallest absolute Gasteiger partial charge is 0.256 e. The average molecular weight is 382 g/mol. The van der Waals surface area contributed by atoms with Crippen molar-refractivity contribution in [3.63, 3.8) is 0 Å². The number of halogens is 1. The molecule has 0 bridgehead atoms. The molecular formula is C22H20ClNO3. The van der Waals surface area contributed by atoms with Crippen LogP contribution in [0.25, 0.3) is 0 Å². The normalized spacial score (nSPS) is 10.4. The zero-order valence-corrected chi connectivity index (χ0v) is 16.1. The Kier molecular flexibility index (Phi) is 5.67. The van der Waals surface area contributed by atoms with Crippen LogP contribution >= 0.6 is 11.6 Å². The highest BCUT2D eigenvalue weighted by Crippen LogP contribution is 2.33. The third-order valence-electron chi connectivity index (χ3n) is 4.10. The quantitative estimate of drug-likeness (QED) is 0.588. The van der Waals surface area contributed by atoms with Crippen LogP contribution in [-0.2, 0) is 0 Å². The Morgan fingerprint density at radius 3 is 2.30 bits per heavy atom. The van der Waals surface area contributed by atoms with Gasteiger partial charge in [0.15, 0.2) is 5.75 Å². The minimum atomic E-state index is -0.214. The Balaban J connectivity index is 1.86. The summed E-state index contributed by atoms with van der Waals surface area (Å²) in [6.07, 6.45) is 0. The highest BCUT2D eigenvalue weighted by Gasteiger charge is 2.13. The second kappa shape index (κ2) is 8.14. The summed E-state index contributed by atoms with van der Waals surface area (Å²) in [4.78, 5) is 12.7. The van der Waals surface area contributed by atoms with Gasteiger partial charge in [-0.25, -0.2) is 0 Å². The van der Waals surface area contributed by atoms with E-state index in [-0.39, 0.29) is 5.91 Å². The molecule has 4 nitrogen and oxygen atoms in total. The standard InChI is InChI=1S/C22H20ClNO3/c1-14-4-10-19(15(2)12-14)22(25)24-20-13-16(23)5-11-21(20)27-18-8-6-17(26-3)7-9-18/h4-13H,1-3H3,(H,24,25). The third-order valence-corrected chi connectivity index (χ3v) is 4.34. The molecule has 0 aliphatic carbocycles. The van der Waals surface area contributed by atoms with Crippen LogP contribution in [0, 0.1) is 13.8 Å².